The number of rotatable bonds is 4. The zero-order valence-corrected chi connectivity index (χ0v) is 17.8. The van der Waals surface area contributed by atoms with Crippen LogP contribution in [0.3, 0.4) is 0 Å². The second-order valence-corrected chi connectivity index (χ2v) is 8.27. The van der Waals surface area contributed by atoms with Crippen LogP contribution in [0.5, 0.6) is 0 Å². The molecule has 4 heterocycles. The molecule has 2 atom stereocenters. The normalized spacial score (nSPS) is 20.2. The number of nitrogens with one attached hydrogen (secondary N) is 1. The van der Waals surface area contributed by atoms with Crippen LogP contribution in [0.2, 0.25) is 0 Å². The predicted octanol–water partition coefficient (Wildman–Crippen LogP) is 0.0665. The van der Waals surface area contributed by atoms with Crippen LogP contribution < -0.4 is 16.6 Å². The zero-order valence-electron chi connectivity index (χ0n) is 17.8. The lowest BCUT2D eigenvalue weighted by Crippen LogP contribution is -2.41. The number of amides is 3. The smallest absolute Gasteiger partial charge is 0.319 e. The molecule has 3 amide bonds. The highest BCUT2D eigenvalue weighted by Gasteiger charge is 2.44. The molecule has 4 rings (SSSR count). The number of fused-ring (bicyclic) bond motifs is 2. The first-order valence-corrected chi connectivity index (χ1v) is 10.1. The SMILES string of the molecule is CN(C)C(=O)N1CC2CN(C(=O)C(=O)c3c[nH]c4c(N(N)/C=C\N)ncc(F)c34)CC2C1. The van der Waals surface area contributed by atoms with E-state index in [1.54, 1.807) is 19.0 Å². The van der Waals surface area contributed by atoms with Gasteiger partial charge in [-0.3, -0.25) is 14.6 Å². The molecule has 0 spiro atoms. The maximum Gasteiger partial charge on any atom is 0.319 e. The third-order valence-corrected chi connectivity index (χ3v) is 6.00. The zero-order chi connectivity index (χ0) is 23.2. The molecule has 11 nitrogen and oxygen atoms in total. The first-order valence-electron chi connectivity index (χ1n) is 10.1. The number of nitrogens with zero attached hydrogens (tertiary/aromatic N) is 5. The van der Waals surface area contributed by atoms with Gasteiger partial charge in [-0.05, 0) is 0 Å². The van der Waals surface area contributed by atoms with E-state index < -0.39 is 17.5 Å². The summed E-state index contributed by atoms with van der Waals surface area (Å²) in [6.07, 6.45) is 4.73. The number of Topliss-reactive ketones (excluding diaryl/α,β-unsaturated/α-hetero) is 1. The van der Waals surface area contributed by atoms with Crippen LogP contribution >= 0.6 is 0 Å². The van der Waals surface area contributed by atoms with Crippen molar-refractivity contribution in [3.05, 3.63) is 36.2 Å². The molecule has 2 aliphatic rings. The Morgan fingerprint density at radius 3 is 2.41 bits per heavy atom. The molecule has 2 unspecified atom stereocenters. The Hall–Kier alpha value is -3.67. The van der Waals surface area contributed by atoms with E-state index in [0.29, 0.717) is 26.2 Å². The number of hydrogen-bond acceptors (Lipinski definition) is 7. The summed E-state index contributed by atoms with van der Waals surface area (Å²) < 4.78 is 14.6. The molecule has 12 heteroatoms. The maximum atomic E-state index is 14.6. The summed E-state index contributed by atoms with van der Waals surface area (Å²) >= 11 is 0. The molecule has 2 aromatic rings. The molecule has 0 aliphatic carbocycles. The summed E-state index contributed by atoms with van der Waals surface area (Å²) in [4.78, 5) is 49.6. The molecule has 0 aromatic carbocycles. The minimum absolute atomic E-state index is 0.0589. The Bertz CT molecular complexity index is 1100. The van der Waals surface area contributed by atoms with Gasteiger partial charge in [0.2, 0.25) is 0 Å². The van der Waals surface area contributed by atoms with Crippen LogP contribution in [0.4, 0.5) is 15.0 Å². The largest absolute Gasteiger partial charge is 0.403 e. The number of urea groups is 1. The number of ketones is 1. The van der Waals surface area contributed by atoms with Gasteiger partial charge in [0.15, 0.2) is 11.6 Å². The van der Waals surface area contributed by atoms with Crippen molar-refractivity contribution in [1.29, 1.82) is 0 Å². The molecule has 0 saturated carbocycles. The fraction of sp³-hybridized carbons (Fsp3) is 0.400. The minimum Gasteiger partial charge on any atom is -0.403 e. The number of aromatic nitrogens is 2. The lowest BCUT2D eigenvalue weighted by atomic mass is 10.0. The van der Waals surface area contributed by atoms with Crippen LogP contribution in [-0.2, 0) is 4.79 Å². The van der Waals surface area contributed by atoms with Crippen LogP contribution in [-0.4, -0.2) is 82.7 Å². The van der Waals surface area contributed by atoms with Gasteiger partial charge in [-0.25, -0.2) is 20.0 Å². The third kappa shape index (κ3) is 3.51. The van der Waals surface area contributed by atoms with Gasteiger partial charge in [0, 0.05) is 70.7 Å². The van der Waals surface area contributed by atoms with Crippen LogP contribution in [0.15, 0.2) is 24.8 Å². The molecule has 0 bridgehead atoms. The number of likely N-dealkylation sites (tertiary alicyclic amines) is 2. The van der Waals surface area contributed by atoms with Gasteiger partial charge < -0.3 is 25.4 Å². The van der Waals surface area contributed by atoms with Gasteiger partial charge in [-0.1, -0.05) is 0 Å². The Labute approximate surface area is 183 Å². The average molecular weight is 444 g/mol. The van der Waals surface area contributed by atoms with E-state index in [4.69, 9.17) is 11.6 Å². The monoisotopic (exact) mass is 444 g/mol. The van der Waals surface area contributed by atoms with Crippen molar-refractivity contribution >= 4 is 34.4 Å². The number of carbonyl (C=O) groups excluding carboxylic acids is 3. The third-order valence-electron chi connectivity index (χ3n) is 6.00. The maximum absolute atomic E-state index is 14.6. The Balaban J connectivity index is 1.53. The van der Waals surface area contributed by atoms with Crippen molar-refractivity contribution in [3.8, 4) is 0 Å². The molecule has 170 valence electrons. The van der Waals surface area contributed by atoms with Crippen molar-refractivity contribution in [2.24, 2.45) is 23.4 Å². The van der Waals surface area contributed by atoms with Crippen molar-refractivity contribution < 1.29 is 18.8 Å². The molecular weight excluding hydrogens is 419 g/mol. The van der Waals surface area contributed by atoms with Crippen molar-refractivity contribution in [3.63, 3.8) is 0 Å². The van der Waals surface area contributed by atoms with Gasteiger partial charge in [-0.2, -0.15) is 0 Å². The van der Waals surface area contributed by atoms with Gasteiger partial charge in [0.1, 0.15) is 0 Å². The molecule has 2 saturated heterocycles. The number of pyridine rings is 1. The number of aromatic amines is 1. The fourth-order valence-electron chi connectivity index (χ4n) is 4.49. The number of hydrogen-bond donors (Lipinski definition) is 3. The first kappa shape index (κ1) is 21.6. The second kappa shape index (κ2) is 8.11. The van der Waals surface area contributed by atoms with E-state index in [1.165, 1.54) is 28.4 Å². The molecule has 5 N–H and O–H groups in total. The van der Waals surface area contributed by atoms with Crippen LogP contribution in [0.1, 0.15) is 10.4 Å². The van der Waals surface area contributed by atoms with E-state index in [-0.39, 0.29) is 40.2 Å². The van der Waals surface area contributed by atoms with E-state index in [0.717, 1.165) is 11.2 Å². The number of anilines is 1. The highest BCUT2D eigenvalue weighted by molar-refractivity contribution is 6.45. The summed E-state index contributed by atoms with van der Waals surface area (Å²) in [6, 6.07) is -0.0644. The van der Waals surface area contributed by atoms with Gasteiger partial charge >= 0.3 is 6.03 Å². The van der Waals surface area contributed by atoms with Gasteiger partial charge in [0.05, 0.1) is 22.7 Å². The lowest BCUT2D eigenvalue weighted by Gasteiger charge is -2.24. The number of carbonyl (C=O) groups is 3. The second-order valence-electron chi connectivity index (χ2n) is 8.27. The van der Waals surface area contributed by atoms with Crippen LogP contribution in [0, 0.1) is 17.7 Å². The fourth-order valence-corrected chi connectivity index (χ4v) is 4.49. The number of H-pyrrole nitrogens is 1. The quantitative estimate of drug-likeness (QED) is 0.262. The van der Waals surface area contributed by atoms with E-state index in [2.05, 4.69) is 9.97 Å². The first-order chi connectivity index (χ1) is 15.2. The molecule has 2 aliphatic heterocycles. The highest BCUT2D eigenvalue weighted by Crippen LogP contribution is 2.33. The van der Waals surface area contributed by atoms with Crippen molar-refractivity contribution in [2.75, 3.05) is 45.3 Å². The minimum atomic E-state index is -0.813. The Kier molecular flexibility index (Phi) is 5.46. The molecule has 0 radical (unpaired) electrons. The number of halogens is 1. The number of hydrazine groups is 1. The van der Waals surface area contributed by atoms with E-state index in [9.17, 15) is 18.8 Å². The van der Waals surface area contributed by atoms with E-state index >= 15 is 0 Å². The average Bonchev–Trinajstić information content (AvgIpc) is 3.45. The predicted molar refractivity (Wildman–Crippen MR) is 115 cm³/mol. The van der Waals surface area contributed by atoms with E-state index in [1.807, 2.05) is 0 Å². The van der Waals surface area contributed by atoms with Crippen molar-refractivity contribution in [1.82, 2.24) is 24.7 Å². The van der Waals surface area contributed by atoms with Gasteiger partial charge in [0.25, 0.3) is 11.7 Å². The standard InChI is InChI=1S/C20H25FN8O3/c1-26(2)20(32)28-9-11-7-27(8-12(11)10-28)19(31)17(30)13-5-24-16-15(13)14(21)6-25-18(16)29(23)4-3-22/h3-6,11-12,24H,7-10,22-23H2,1-2H3/b4-3-. The molecular formula is C20H25FN8O3. The van der Waals surface area contributed by atoms with Crippen molar-refractivity contribution in [2.45, 2.75) is 0 Å². The Morgan fingerprint density at radius 2 is 1.81 bits per heavy atom. The van der Waals surface area contributed by atoms with Gasteiger partial charge in [-0.15, -0.1) is 0 Å². The summed E-state index contributed by atoms with van der Waals surface area (Å²) in [5.41, 5.74) is 5.43. The summed E-state index contributed by atoms with van der Waals surface area (Å²) in [5, 5.41) is 1.02. The van der Waals surface area contributed by atoms with Crippen LogP contribution in [0.25, 0.3) is 10.9 Å². The molecule has 32 heavy (non-hydrogen) atoms. The number of nitrogens with two attached hydrogens (primary N) is 2. The summed E-state index contributed by atoms with van der Waals surface area (Å²) in [5.74, 6) is 3.95. The molecule has 2 fully saturated rings. The highest BCUT2D eigenvalue weighted by atomic mass is 19.1. The summed E-state index contributed by atoms with van der Waals surface area (Å²) in [7, 11) is 3.39. The lowest BCUT2D eigenvalue weighted by molar-refractivity contribution is -0.125. The Morgan fingerprint density at radius 1 is 1.19 bits per heavy atom. The topological polar surface area (TPSA) is 145 Å². The molecule has 2 aromatic heterocycles. The summed E-state index contributed by atoms with van der Waals surface area (Å²) in [6.45, 7) is 1.83.